The van der Waals surface area contributed by atoms with E-state index in [0.29, 0.717) is 0 Å². The van der Waals surface area contributed by atoms with Crippen molar-refractivity contribution in [2.75, 3.05) is 0 Å². The van der Waals surface area contributed by atoms with E-state index in [4.69, 9.17) is 9.40 Å². The molecule has 0 bridgehead atoms. The summed E-state index contributed by atoms with van der Waals surface area (Å²) in [5.74, 6) is 0.831. The van der Waals surface area contributed by atoms with Crippen LogP contribution in [0.15, 0.2) is 199 Å². The van der Waals surface area contributed by atoms with Gasteiger partial charge in [-0.15, -0.1) is 0 Å². The summed E-state index contributed by atoms with van der Waals surface area (Å²) in [6, 6.07) is 69.1. The first-order chi connectivity index (χ1) is 26.8. The number of fused-ring (bicyclic) bond motifs is 7. The van der Waals surface area contributed by atoms with Crippen molar-refractivity contribution < 1.29 is 4.42 Å². The summed E-state index contributed by atoms with van der Waals surface area (Å²) in [5, 5.41) is 6.99. The Balaban J connectivity index is 1.25. The molecule has 0 saturated carbocycles. The average molecular weight is 689 g/mol. The fourth-order valence-electron chi connectivity index (χ4n) is 8.26. The number of aromatic nitrogens is 2. The number of benzene rings is 9. The van der Waals surface area contributed by atoms with Gasteiger partial charge in [-0.2, -0.15) is 0 Å². The minimum atomic E-state index is 0.826. The maximum atomic E-state index is 6.94. The van der Waals surface area contributed by atoms with Gasteiger partial charge in [0.05, 0.1) is 22.3 Å². The number of nitrogens with zero attached hydrogens (tertiary/aromatic N) is 2. The van der Waals surface area contributed by atoms with Crippen molar-refractivity contribution >= 4 is 54.5 Å². The largest absolute Gasteiger partial charge is 0.455 e. The van der Waals surface area contributed by atoms with Gasteiger partial charge in [-0.1, -0.05) is 152 Å². The van der Waals surface area contributed by atoms with Crippen LogP contribution in [0.5, 0.6) is 0 Å². The van der Waals surface area contributed by atoms with Crippen molar-refractivity contribution in [1.82, 2.24) is 9.55 Å². The molecule has 3 nitrogen and oxygen atoms in total. The Hall–Kier alpha value is -7.23. The molecule has 3 heteroatoms. The highest BCUT2D eigenvalue weighted by atomic mass is 16.3. The van der Waals surface area contributed by atoms with Crippen LogP contribution >= 0.6 is 0 Å². The van der Waals surface area contributed by atoms with Gasteiger partial charge in [0.15, 0.2) is 0 Å². The Morgan fingerprint density at radius 2 is 1.00 bits per heavy atom. The molecule has 0 N–H and O–H groups in total. The van der Waals surface area contributed by atoms with E-state index in [2.05, 4.69) is 199 Å². The van der Waals surface area contributed by atoms with Gasteiger partial charge in [-0.25, -0.2) is 4.98 Å². The molecular weight excluding hydrogens is 657 g/mol. The molecular formula is C51H32N2O. The minimum Gasteiger partial charge on any atom is -0.455 e. The molecule has 0 saturated heterocycles. The smallest absolute Gasteiger partial charge is 0.149 e. The van der Waals surface area contributed by atoms with Crippen molar-refractivity contribution in [2.45, 2.75) is 0 Å². The second-order valence-corrected chi connectivity index (χ2v) is 13.9. The van der Waals surface area contributed by atoms with Gasteiger partial charge in [0.25, 0.3) is 0 Å². The first kappa shape index (κ1) is 30.4. The zero-order chi connectivity index (χ0) is 35.6. The summed E-state index contributed by atoms with van der Waals surface area (Å²) in [6.07, 6.45) is 0. The van der Waals surface area contributed by atoms with Gasteiger partial charge < -0.3 is 4.42 Å². The van der Waals surface area contributed by atoms with Crippen LogP contribution in [-0.2, 0) is 0 Å². The molecule has 2 aromatic heterocycles. The third kappa shape index (κ3) is 4.79. The molecule has 9 aromatic carbocycles. The predicted molar refractivity (Wildman–Crippen MR) is 225 cm³/mol. The second-order valence-electron chi connectivity index (χ2n) is 13.9. The molecule has 0 amide bonds. The molecule has 11 aromatic rings. The Labute approximate surface area is 312 Å². The van der Waals surface area contributed by atoms with E-state index < -0.39 is 0 Å². The van der Waals surface area contributed by atoms with Gasteiger partial charge in [-0.05, 0) is 86.3 Å². The molecule has 0 fully saturated rings. The van der Waals surface area contributed by atoms with E-state index in [1.165, 1.54) is 27.1 Å². The lowest BCUT2D eigenvalue weighted by Gasteiger charge is -2.21. The van der Waals surface area contributed by atoms with E-state index in [9.17, 15) is 0 Å². The van der Waals surface area contributed by atoms with E-state index >= 15 is 0 Å². The van der Waals surface area contributed by atoms with Crippen LogP contribution in [0.3, 0.4) is 0 Å². The summed E-state index contributed by atoms with van der Waals surface area (Å²) in [4.78, 5) is 5.43. The van der Waals surface area contributed by atoms with Crippen LogP contribution in [0.25, 0.3) is 105 Å². The van der Waals surface area contributed by atoms with Gasteiger partial charge in [0.2, 0.25) is 0 Å². The highest BCUT2D eigenvalue weighted by Crippen LogP contribution is 2.45. The Morgan fingerprint density at radius 1 is 0.389 bits per heavy atom. The maximum absolute atomic E-state index is 6.94. The molecule has 252 valence electrons. The number of para-hydroxylation sites is 3. The number of hydrogen-bond acceptors (Lipinski definition) is 2. The normalized spacial score (nSPS) is 11.7. The lowest BCUT2D eigenvalue weighted by atomic mass is 9.90. The number of imidazole rings is 1. The van der Waals surface area contributed by atoms with Crippen LogP contribution in [0.2, 0.25) is 0 Å². The summed E-state index contributed by atoms with van der Waals surface area (Å²) >= 11 is 0. The fraction of sp³-hybridized carbons (Fsp3) is 0. The lowest BCUT2D eigenvalue weighted by Crippen LogP contribution is -2.04. The molecule has 11 rings (SSSR count). The van der Waals surface area contributed by atoms with Crippen LogP contribution in [0, 0.1) is 0 Å². The van der Waals surface area contributed by atoms with E-state index in [1.807, 2.05) is 0 Å². The SMILES string of the molecule is c1ccc(-c2cc(-c3ccccc3)c(-n3c(-c4cccc5c4oc4cc6c(ccc7ccccc76)cc45)nc4ccccc43)c(-c3ccccc3)c2)cc1. The topological polar surface area (TPSA) is 31.0 Å². The van der Waals surface area contributed by atoms with Crippen molar-refractivity contribution in [3.63, 3.8) is 0 Å². The fourth-order valence-corrected chi connectivity index (χ4v) is 8.26. The molecule has 2 heterocycles. The van der Waals surface area contributed by atoms with Crippen LogP contribution in [-0.4, -0.2) is 9.55 Å². The maximum Gasteiger partial charge on any atom is 0.149 e. The molecule has 0 radical (unpaired) electrons. The molecule has 0 aliphatic rings. The summed E-state index contributed by atoms with van der Waals surface area (Å²) in [7, 11) is 0. The molecule has 0 aliphatic carbocycles. The Bertz CT molecular complexity index is 3130. The average Bonchev–Trinajstić information content (AvgIpc) is 3.81. The van der Waals surface area contributed by atoms with Crippen LogP contribution in [0.1, 0.15) is 0 Å². The van der Waals surface area contributed by atoms with E-state index in [0.717, 1.165) is 77.9 Å². The van der Waals surface area contributed by atoms with Gasteiger partial charge in [-0.3, -0.25) is 4.57 Å². The Morgan fingerprint density at radius 3 is 1.74 bits per heavy atom. The molecule has 0 atom stereocenters. The molecule has 0 aliphatic heterocycles. The monoisotopic (exact) mass is 688 g/mol. The predicted octanol–water partition coefficient (Wildman–Crippen LogP) is 13.9. The van der Waals surface area contributed by atoms with Gasteiger partial charge in [0, 0.05) is 21.9 Å². The van der Waals surface area contributed by atoms with Crippen LogP contribution < -0.4 is 0 Å². The van der Waals surface area contributed by atoms with E-state index in [1.54, 1.807) is 0 Å². The molecule has 0 spiro atoms. The minimum absolute atomic E-state index is 0.826. The third-order valence-electron chi connectivity index (χ3n) is 10.8. The van der Waals surface area contributed by atoms with Crippen molar-refractivity contribution in [3.05, 3.63) is 194 Å². The summed E-state index contributed by atoms with van der Waals surface area (Å²) in [5.41, 5.74) is 12.5. The number of hydrogen-bond donors (Lipinski definition) is 0. The standard InChI is InChI=1S/C51H32N2O/c1-4-15-33(16-5-1)38-30-43(34-17-6-2-7-18-34)49(44(31-38)35-19-8-3-9-20-35)53-47-26-13-12-25-46(47)52-51(53)41-24-14-23-40-45-29-37-28-27-36-21-10-11-22-39(36)42(37)32-48(45)54-50(40)41/h1-32H. The third-order valence-corrected chi connectivity index (χ3v) is 10.8. The van der Waals surface area contributed by atoms with E-state index in [-0.39, 0.29) is 0 Å². The summed E-state index contributed by atoms with van der Waals surface area (Å²) < 4.78 is 9.30. The zero-order valence-corrected chi connectivity index (χ0v) is 29.3. The Kier molecular flexibility index (Phi) is 6.86. The first-order valence-electron chi connectivity index (χ1n) is 18.4. The summed E-state index contributed by atoms with van der Waals surface area (Å²) in [6.45, 7) is 0. The number of furan rings is 1. The highest BCUT2D eigenvalue weighted by molar-refractivity contribution is 6.17. The first-order valence-corrected chi connectivity index (χ1v) is 18.4. The van der Waals surface area contributed by atoms with Gasteiger partial charge >= 0.3 is 0 Å². The van der Waals surface area contributed by atoms with Crippen molar-refractivity contribution in [1.29, 1.82) is 0 Å². The number of rotatable bonds is 5. The lowest BCUT2D eigenvalue weighted by molar-refractivity contribution is 0.670. The molecule has 54 heavy (non-hydrogen) atoms. The van der Waals surface area contributed by atoms with Crippen LogP contribution in [0.4, 0.5) is 0 Å². The van der Waals surface area contributed by atoms with Gasteiger partial charge in [0.1, 0.15) is 17.0 Å². The molecule has 0 unspecified atom stereocenters. The second kappa shape index (κ2) is 12.2. The van der Waals surface area contributed by atoms with Crippen molar-refractivity contribution in [3.8, 4) is 50.5 Å². The highest BCUT2D eigenvalue weighted by Gasteiger charge is 2.25. The van der Waals surface area contributed by atoms with Crippen molar-refractivity contribution in [2.24, 2.45) is 0 Å². The zero-order valence-electron chi connectivity index (χ0n) is 29.3. The quantitative estimate of drug-likeness (QED) is 0.169.